The first kappa shape index (κ1) is 18.5. The first-order valence-electron chi connectivity index (χ1n) is 8.26. The van der Waals surface area contributed by atoms with Crippen molar-refractivity contribution < 1.29 is 9.59 Å². The van der Waals surface area contributed by atoms with E-state index in [9.17, 15) is 9.59 Å². The van der Waals surface area contributed by atoms with Gasteiger partial charge in [0.15, 0.2) is 0 Å². The van der Waals surface area contributed by atoms with Crippen LogP contribution in [0.1, 0.15) is 29.2 Å². The fraction of sp³-hybridized carbons (Fsp3) is 0.300. The van der Waals surface area contributed by atoms with E-state index in [1.165, 1.54) is 12.5 Å². The average molecular weight is 339 g/mol. The Morgan fingerprint density at radius 3 is 2.12 bits per heavy atom. The third-order valence-corrected chi connectivity index (χ3v) is 4.03. The number of aryl methyl sites for hydroxylation is 3. The average Bonchev–Trinajstić information content (AvgIpc) is 2.51. The molecule has 5 nitrogen and oxygen atoms in total. The molecule has 5 heteroatoms. The largest absolute Gasteiger partial charge is 0.376 e. The quantitative estimate of drug-likeness (QED) is 0.773. The number of hydrogen-bond acceptors (Lipinski definition) is 3. The second-order valence-electron chi connectivity index (χ2n) is 6.33. The number of rotatable bonds is 5. The lowest BCUT2D eigenvalue weighted by Crippen LogP contribution is -2.23. The smallest absolute Gasteiger partial charge is 0.243 e. The zero-order valence-electron chi connectivity index (χ0n) is 15.4. The molecule has 0 atom stereocenters. The summed E-state index contributed by atoms with van der Waals surface area (Å²) in [6.07, 6.45) is 0. The molecule has 2 rings (SSSR count). The van der Waals surface area contributed by atoms with E-state index in [-0.39, 0.29) is 18.4 Å². The Kier molecular flexibility index (Phi) is 5.80. The van der Waals surface area contributed by atoms with Gasteiger partial charge in [0.2, 0.25) is 11.8 Å². The molecule has 0 bridgehead atoms. The molecule has 25 heavy (non-hydrogen) atoms. The van der Waals surface area contributed by atoms with Crippen LogP contribution >= 0.6 is 0 Å². The predicted octanol–water partition coefficient (Wildman–Crippen LogP) is 3.93. The van der Waals surface area contributed by atoms with E-state index >= 15 is 0 Å². The highest BCUT2D eigenvalue weighted by atomic mass is 16.2. The minimum Gasteiger partial charge on any atom is -0.376 e. The maximum Gasteiger partial charge on any atom is 0.243 e. The van der Waals surface area contributed by atoms with Gasteiger partial charge in [0.05, 0.1) is 6.54 Å². The second-order valence-corrected chi connectivity index (χ2v) is 6.33. The lowest BCUT2D eigenvalue weighted by molar-refractivity contribution is -0.115. The third kappa shape index (κ3) is 4.83. The van der Waals surface area contributed by atoms with Crippen LogP contribution in [0.4, 0.5) is 17.1 Å². The Balaban J connectivity index is 2.05. The zero-order valence-corrected chi connectivity index (χ0v) is 15.4. The number of hydrogen-bond donors (Lipinski definition) is 3. The molecule has 2 aromatic rings. The molecule has 0 radical (unpaired) electrons. The summed E-state index contributed by atoms with van der Waals surface area (Å²) in [5.74, 6) is -0.234. The molecular weight excluding hydrogens is 314 g/mol. The van der Waals surface area contributed by atoms with Crippen LogP contribution in [0.5, 0.6) is 0 Å². The maximum absolute atomic E-state index is 12.3. The highest BCUT2D eigenvalue weighted by Gasteiger charge is 2.10. The predicted molar refractivity (Wildman–Crippen MR) is 103 cm³/mol. The van der Waals surface area contributed by atoms with E-state index in [0.717, 1.165) is 33.8 Å². The van der Waals surface area contributed by atoms with Crippen molar-refractivity contribution in [2.24, 2.45) is 0 Å². The summed E-state index contributed by atoms with van der Waals surface area (Å²) in [4.78, 5) is 23.5. The van der Waals surface area contributed by atoms with Gasteiger partial charge in [-0.2, -0.15) is 0 Å². The second kappa shape index (κ2) is 7.83. The minimum absolute atomic E-state index is 0.112. The van der Waals surface area contributed by atoms with Gasteiger partial charge in [0.25, 0.3) is 0 Å². The number of nitrogens with one attached hydrogen (secondary N) is 3. The lowest BCUT2D eigenvalue weighted by Gasteiger charge is -2.15. The molecule has 0 saturated carbocycles. The highest BCUT2D eigenvalue weighted by Crippen LogP contribution is 2.24. The Labute approximate surface area is 148 Å². The monoisotopic (exact) mass is 339 g/mol. The molecule has 0 aliphatic carbocycles. The Morgan fingerprint density at radius 2 is 1.52 bits per heavy atom. The van der Waals surface area contributed by atoms with Crippen molar-refractivity contribution >= 4 is 28.9 Å². The summed E-state index contributed by atoms with van der Waals surface area (Å²) in [6, 6.07) is 9.66. The molecule has 0 spiro atoms. The molecule has 3 N–H and O–H groups in total. The Hall–Kier alpha value is -2.82. The van der Waals surface area contributed by atoms with E-state index in [1.807, 2.05) is 45.9 Å². The van der Waals surface area contributed by atoms with Crippen molar-refractivity contribution in [1.29, 1.82) is 0 Å². The summed E-state index contributed by atoms with van der Waals surface area (Å²) in [6.45, 7) is 9.54. The van der Waals surface area contributed by atoms with Crippen LogP contribution in [0, 0.1) is 27.7 Å². The highest BCUT2D eigenvalue weighted by molar-refractivity contribution is 5.95. The molecule has 0 aliphatic heterocycles. The van der Waals surface area contributed by atoms with E-state index in [1.54, 1.807) is 0 Å². The summed E-state index contributed by atoms with van der Waals surface area (Å²) >= 11 is 0. The van der Waals surface area contributed by atoms with Crippen LogP contribution in [0.25, 0.3) is 0 Å². The van der Waals surface area contributed by atoms with E-state index in [2.05, 4.69) is 28.1 Å². The van der Waals surface area contributed by atoms with Gasteiger partial charge in [-0.15, -0.1) is 0 Å². The van der Waals surface area contributed by atoms with Crippen molar-refractivity contribution in [1.82, 2.24) is 0 Å². The summed E-state index contributed by atoms with van der Waals surface area (Å²) in [5.41, 5.74) is 6.59. The van der Waals surface area contributed by atoms with Gasteiger partial charge in [-0.1, -0.05) is 23.8 Å². The van der Waals surface area contributed by atoms with Crippen LogP contribution in [-0.4, -0.2) is 18.4 Å². The fourth-order valence-electron chi connectivity index (χ4n) is 2.89. The molecule has 132 valence electrons. The first-order valence-corrected chi connectivity index (χ1v) is 8.26. The van der Waals surface area contributed by atoms with Gasteiger partial charge in [-0.25, -0.2) is 0 Å². The van der Waals surface area contributed by atoms with Crippen molar-refractivity contribution in [2.75, 3.05) is 22.5 Å². The van der Waals surface area contributed by atoms with Crippen LogP contribution in [0.2, 0.25) is 0 Å². The maximum atomic E-state index is 12.3. The lowest BCUT2D eigenvalue weighted by atomic mass is 10.1. The van der Waals surface area contributed by atoms with Gasteiger partial charge in [-0.05, 0) is 56.5 Å². The van der Waals surface area contributed by atoms with Crippen molar-refractivity contribution in [3.63, 3.8) is 0 Å². The van der Waals surface area contributed by atoms with E-state index < -0.39 is 0 Å². The fourth-order valence-corrected chi connectivity index (χ4v) is 2.89. The molecule has 0 heterocycles. The van der Waals surface area contributed by atoms with Crippen LogP contribution in [0.15, 0.2) is 30.3 Å². The van der Waals surface area contributed by atoms with E-state index in [4.69, 9.17) is 0 Å². The van der Waals surface area contributed by atoms with Gasteiger partial charge in [0, 0.05) is 24.0 Å². The number of anilines is 3. The van der Waals surface area contributed by atoms with Gasteiger partial charge in [0.1, 0.15) is 0 Å². The summed E-state index contributed by atoms with van der Waals surface area (Å²) in [7, 11) is 0. The zero-order chi connectivity index (χ0) is 18.6. The molecule has 0 saturated heterocycles. The van der Waals surface area contributed by atoms with Gasteiger partial charge >= 0.3 is 0 Å². The van der Waals surface area contributed by atoms with Crippen LogP contribution in [-0.2, 0) is 9.59 Å². The number of carbonyl (C=O) groups is 2. The standard InChI is InChI=1S/C20H25N3O2/c1-12-9-13(2)20(14(3)10-12)23-19(25)11-21-17-7-6-8-18(15(17)4)22-16(5)24/h6-10,21H,11H2,1-5H3,(H,22,24)(H,23,25). The van der Waals surface area contributed by atoms with Crippen molar-refractivity contribution in [3.8, 4) is 0 Å². The molecule has 0 unspecified atom stereocenters. The van der Waals surface area contributed by atoms with E-state index in [0.29, 0.717) is 0 Å². The van der Waals surface area contributed by atoms with Crippen LogP contribution < -0.4 is 16.0 Å². The molecule has 0 aromatic heterocycles. The number of amides is 2. The van der Waals surface area contributed by atoms with Crippen molar-refractivity contribution in [2.45, 2.75) is 34.6 Å². The molecule has 0 aliphatic rings. The summed E-state index contributed by atoms with van der Waals surface area (Å²) < 4.78 is 0. The van der Waals surface area contributed by atoms with Crippen molar-refractivity contribution in [3.05, 3.63) is 52.6 Å². The number of carbonyl (C=O) groups excluding carboxylic acids is 2. The Morgan fingerprint density at radius 1 is 0.920 bits per heavy atom. The molecule has 0 fully saturated rings. The summed E-state index contributed by atoms with van der Waals surface area (Å²) in [5, 5.41) is 8.89. The number of benzene rings is 2. The third-order valence-electron chi connectivity index (χ3n) is 4.03. The van der Waals surface area contributed by atoms with Crippen LogP contribution in [0.3, 0.4) is 0 Å². The molecular formula is C20H25N3O2. The molecule has 2 amide bonds. The van der Waals surface area contributed by atoms with Gasteiger partial charge < -0.3 is 16.0 Å². The SMILES string of the molecule is CC(=O)Nc1cccc(NCC(=O)Nc2c(C)cc(C)cc2C)c1C. The minimum atomic E-state index is -0.122. The Bertz CT molecular complexity index is 790. The molecule has 2 aromatic carbocycles. The van der Waals surface area contributed by atoms with Gasteiger partial charge in [-0.3, -0.25) is 9.59 Å². The normalized spacial score (nSPS) is 10.3. The first-order chi connectivity index (χ1) is 11.8. The topological polar surface area (TPSA) is 70.2 Å².